The lowest BCUT2D eigenvalue weighted by molar-refractivity contribution is -0.730. The van der Waals surface area contributed by atoms with Crippen LogP contribution in [0.3, 0.4) is 0 Å². The first-order chi connectivity index (χ1) is 9.95. The van der Waals surface area contributed by atoms with Gasteiger partial charge in [0.05, 0.1) is 0 Å². The zero-order valence-corrected chi connectivity index (χ0v) is 13.1. The number of aryl methyl sites for hydroxylation is 1. The topological polar surface area (TPSA) is 16.8 Å². The quantitative estimate of drug-likeness (QED) is 0.607. The Morgan fingerprint density at radius 3 is 2.43 bits per heavy atom. The molecule has 0 fully saturated rings. The van der Waals surface area contributed by atoms with Crippen molar-refractivity contribution < 1.29 is 4.57 Å². The number of hydrogen-bond acceptors (Lipinski definition) is 1. The van der Waals surface area contributed by atoms with Gasteiger partial charge in [-0.15, -0.1) is 0 Å². The van der Waals surface area contributed by atoms with Crippen LogP contribution in [0.15, 0.2) is 54.9 Å². The molecule has 0 aliphatic rings. The molecule has 0 unspecified atom stereocenters. The molecule has 2 nitrogen and oxygen atoms in total. The first kappa shape index (κ1) is 13.7. The van der Waals surface area contributed by atoms with Crippen LogP contribution in [-0.4, -0.2) is 4.98 Å². The second-order valence-electron chi connectivity index (χ2n) is 6.51. The number of para-hydroxylation sites is 1. The van der Waals surface area contributed by atoms with Gasteiger partial charge in [-0.2, -0.15) is 4.57 Å². The van der Waals surface area contributed by atoms with Crippen LogP contribution < -0.4 is 4.57 Å². The van der Waals surface area contributed by atoms with Crippen molar-refractivity contribution in [1.82, 2.24) is 4.98 Å². The van der Waals surface area contributed by atoms with Gasteiger partial charge in [0.2, 0.25) is 5.52 Å². The maximum absolute atomic E-state index is 4.29. The molecule has 2 heterocycles. The Morgan fingerprint density at radius 1 is 0.952 bits per heavy atom. The highest BCUT2D eigenvalue weighted by atomic mass is 15.0. The molecule has 2 heteroatoms. The summed E-state index contributed by atoms with van der Waals surface area (Å²) in [5, 5.41) is 1.26. The highest BCUT2D eigenvalue weighted by molar-refractivity contribution is 5.80. The smallest absolute Gasteiger partial charge is 0.212 e. The normalized spacial score (nSPS) is 11.8. The summed E-state index contributed by atoms with van der Waals surface area (Å²) in [5.74, 6) is 0. The molecule has 0 saturated carbocycles. The monoisotopic (exact) mass is 277 g/mol. The fraction of sp³-hybridized carbons (Fsp3) is 0.263. The Kier molecular flexibility index (Phi) is 3.25. The van der Waals surface area contributed by atoms with Crippen LogP contribution in [0.25, 0.3) is 22.0 Å². The molecule has 0 bridgehead atoms. The molecule has 0 spiro atoms. The van der Waals surface area contributed by atoms with Crippen molar-refractivity contribution in [2.24, 2.45) is 0 Å². The van der Waals surface area contributed by atoms with Gasteiger partial charge in [-0.25, -0.2) is 0 Å². The van der Waals surface area contributed by atoms with Gasteiger partial charge in [0.25, 0.3) is 0 Å². The SMILES string of the molecule is Cc1cc(-c2cc3ccccc3[n+](C(C)(C)C)c2)ccn1. The van der Waals surface area contributed by atoms with Gasteiger partial charge in [-0.3, -0.25) is 4.98 Å². The molecule has 0 amide bonds. The Balaban J connectivity index is 2.31. The van der Waals surface area contributed by atoms with Crippen molar-refractivity contribution in [3.63, 3.8) is 0 Å². The number of benzene rings is 1. The molecule has 0 atom stereocenters. The van der Waals surface area contributed by atoms with E-state index in [0.717, 1.165) is 5.69 Å². The average molecular weight is 277 g/mol. The molecule has 0 N–H and O–H groups in total. The number of fused-ring (bicyclic) bond motifs is 1. The number of nitrogens with zero attached hydrogens (tertiary/aromatic N) is 2. The molecular formula is C19H21N2+. The van der Waals surface area contributed by atoms with Crippen molar-refractivity contribution in [3.05, 3.63) is 60.6 Å². The molecule has 0 aliphatic heterocycles. The van der Waals surface area contributed by atoms with Gasteiger partial charge >= 0.3 is 0 Å². The van der Waals surface area contributed by atoms with Crippen molar-refractivity contribution in [1.29, 1.82) is 0 Å². The largest absolute Gasteiger partial charge is 0.262 e. The maximum Gasteiger partial charge on any atom is 0.212 e. The van der Waals surface area contributed by atoms with E-state index in [1.165, 1.54) is 22.0 Å². The highest BCUT2D eigenvalue weighted by Crippen LogP contribution is 2.23. The van der Waals surface area contributed by atoms with Crippen LogP contribution in [0.4, 0.5) is 0 Å². The minimum Gasteiger partial charge on any atom is -0.262 e. The van der Waals surface area contributed by atoms with Gasteiger partial charge < -0.3 is 0 Å². The molecule has 21 heavy (non-hydrogen) atoms. The zero-order valence-electron chi connectivity index (χ0n) is 13.1. The Labute approximate surface area is 126 Å². The third-order valence-electron chi connectivity index (χ3n) is 3.73. The molecule has 2 aromatic heterocycles. The Bertz CT molecular complexity index is 798. The first-order valence-electron chi connectivity index (χ1n) is 7.33. The summed E-state index contributed by atoms with van der Waals surface area (Å²) >= 11 is 0. The van der Waals surface area contributed by atoms with Gasteiger partial charge in [-0.05, 0) is 36.8 Å². The van der Waals surface area contributed by atoms with E-state index in [1.807, 2.05) is 13.1 Å². The Morgan fingerprint density at radius 2 is 1.71 bits per heavy atom. The lowest BCUT2D eigenvalue weighted by Gasteiger charge is -2.16. The number of rotatable bonds is 1. The first-order valence-corrected chi connectivity index (χ1v) is 7.33. The third-order valence-corrected chi connectivity index (χ3v) is 3.73. The summed E-state index contributed by atoms with van der Waals surface area (Å²) < 4.78 is 2.35. The zero-order chi connectivity index (χ0) is 15.0. The van der Waals surface area contributed by atoms with Gasteiger partial charge in [0, 0.05) is 49.7 Å². The summed E-state index contributed by atoms with van der Waals surface area (Å²) in [7, 11) is 0. The van der Waals surface area contributed by atoms with Crippen molar-refractivity contribution in [2.75, 3.05) is 0 Å². The molecule has 3 aromatic rings. The second-order valence-corrected chi connectivity index (χ2v) is 6.51. The molecule has 0 aliphatic carbocycles. The highest BCUT2D eigenvalue weighted by Gasteiger charge is 2.25. The van der Waals surface area contributed by atoms with E-state index in [-0.39, 0.29) is 5.54 Å². The van der Waals surface area contributed by atoms with Crippen LogP contribution in [0.5, 0.6) is 0 Å². The predicted molar refractivity (Wildman–Crippen MR) is 87.1 cm³/mol. The van der Waals surface area contributed by atoms with Gasteiger partial charge in [-0.1, -0.05) is 12.1 Å². The van der Waals surface area contributed by atoms with Crippen LogP contribution in [-0.2, 0) is 5.54 Å². The van der Waals surface area contributed by atoms with E-state index >= 15 is 0 Å². The van der Waals surface area contributed by atoms with Crippen molar-refractivity contribution in [2.45, 2.75) is 33.2 Å². The standard InChI is InChI=1S/C19H21N2/c1-14-11-15(9-10-20-14)17-12-16-7-5-6-8-18(16)21(13-17)19(2,3)4/h5-13H,1-4H3/q+1. The number of pyridine rings is 2. The molecule has 1 aromatic carbocycles. The van der Waals surface area contributed by atoms with E-state index in [1.54, 1.807) is 0 Å². The number of aromatic nitrogens is 2. The van der Waals surface area contributed by atoms with E-state index in [2.05, 4.69) is 79.0 Å². The van der Waals surface area contributed by atoms with E-state index in [0.29, 0.717) is 0 Å². The second kappa shape index (κ2) is 4.96. The van der Waals surface area contributed by atoms with Crippen LogP contribution in [0, 0.1) is 6.92 Å². The van der Waals surface area contributed by atoms with Gasteiger partial charge in [0.15, 0.2) is 11.7 Å². The lowest BCUT2D eigenvalue weighted by atomic mass is 10.0. The molecule has 0 saturated heterocycles. The fourth-order valence-corrected chi connectivity index (χ4v) is 2.68. The van der Waals surface area contributed by atoms with Crippen LogP contribution >= 0.6 is 0 Å². The minimum atomic E-state index is 0.0394. The molecule has 106 valence electrons. The Hall–Kier alpha value is -2.22. The lowest BCUT2D eigenvalue weighted by Crippen LogP contribution is -2.50. The third kappa shape index (κ3) is 2.66. The van der Waals surface area contributed by atoms with Crippen LogP contribution in [0.1, 0.15) is 26.5 Å². The summed E-state index contributed by atoms with van der Waals surface area (Å²) in [6, 6.07) is 15.0. The summed E-state index contributed by atoms with van der Waals surface area (Å²) in [4.78, 5) is 4.29. The number of hydrogen-bond donors (Lipinski definition) is 0. The molecule has 3 rings (SSSR count). The van der Waals surface area contributed by atoms with E-state index < -0.39 is 0 Å². The molecular weight excluding hydrogens is 256 g/mol. The molecule has 0 radical (unpaired) electrons. The van der Waals surface area contributed by atoms with Crippen molar-refractivity contribution >= 4 is 10.9 Å². The minimum absolute atomic E-state index is 0.0394. The van der Waals surface area contributed by atoms with Crippen molar-refractivity contribution in [3.8, 4) is 11.1 Å². The maximum atomic E-state index is 4.29. The predicted octanol–water partition coefficient (Wildman–Crippen LogP) is 4.25. The van der Waals surface area contributed by atoms with Gasteiger partial charge in [0.1, 0.15) is 0 Å². The summed E-state index contributed by atoms with van der Waals surface area (Å²) in [5.41, 5.74) is 4.79. The summed E-state index contributed by atoms with van der Waals surface area (Å²) in [6.07, 6.45) is 4.12. The van der Waals surface area contributed by atoms with E-state index in [9.17, 15) is 0 Å². The van der Waals surface area contributed by atoms with Crippen LogP contribution in [0.2, 0.25) is 0 Å². The summed E-state index contributed by atoms with van der Waals surface area (Å²) in [6.45, 7) is 8.74. The van der Waals surface area contributed by atoms with E-state index in [4.69, 9.17) is 0 Å². The average Bonchev–Trinajstić information content (AvgIpc) is 2.45. The fourth-order valence-electron chi connectivity index (χ4n) is 2.68.